The predicted octanol–water partition coefficient (Wildman–Crippen LogP) is 3.61. The second-order valence-electron chi connectivity index (χ2n) is 8.49. The van der Waals surface area contributed by atoms with E-state index < -0.39 is 0 Å². The number of hydrogen-bond acceptors (Lipinski definition) is 4. The predicted molar refractivity (Wildman–Crippen MR) is 94.2 cm³/mol. The van der Waals surface area contributed by atoms with Crippen LogP contribution >= 0.6 is 0 Å². The van der Waals surface area contributed by atoms with Gasteiger partial charge in [-0.2, -0.15) is 0 Å². The Morgan fingerprint density at radius 2 is 1.83 bits per heavy atom. The second kappa shape index (κ2) is 6.14. The molecule has 0 saturated heterocycles. The summed E-state index contributed by atoms with van der Waals surface area (Å²) in [5.74, 6) is 3.08. The fraction of sp³-hybridized carbons (Fsp3) is 0.700. The van der Waals surface area contributed by atoms with Crippen LogP contribution in [0, 0.1) is 30.1 Å². The monoisotopic (exact) mass is 328 g/mol. The van der Waals surface area contributed by atoms with Gasteiger partial charge in [0.25, 0.3) is 0 Å². The lowest BCUT2D eigenvalue weighted by Gasteiger charge is -2.57. The summed E-state index contributed by atoms with van der Waals surface area (Å²) in [6, 6.07) is 0. The van der Waals surface area contributed by atoms with Gasteiger partial charge in [-0.15, -0.1) is 0 Å². The molecule has 0 atom stereocenters. The number of aromatic hydroxyl groups is 1. The normalized spacial score (nSPS) is 34.3. The van der Waals surface area contributed by atoms with Gasteiger partial charge in [0.15, 0.2) is 0 Å². The molecule has 4 aliphatic carbocycles. The van der Waals surface area contributed by atoms with Crippen molar-refractivity contribution in [1.29, 1.82) is 0 Å². The summed E-state index contributed by atoms with van der Waals surface area (Å²) in [5.41, 5.74) is 2.38. The molecule has 24 heavy (non-hydrogen) atoms. The third-order valence-electron chi connectivity index (χ3n) is 6.68. The number of pyridine rings is 1. The van der Waals surface area contributed by atoms with Gasteiger partial charge in [0.05, 0.1) is 12.3 Å². The highest BCUT2D eigenvalue weighted by Gasteiger charge is 2.50. The average Bonchev–Trinajstić information content (AvgIpc) is 2.54. The van der Waals surface area contributed by atoms with Crippen molar-refractivity contribution in [3.63, 3.8) is 0 Å². The van der Waals surface area contributed by atoms with E-state index in [0.29, 0.717) is 22.2 Å². The van der Waals surface area contributed by atoms with Crippen LogP contribution in [-0.2, 0) is 6.61 Å². The van der Waals surface area contributed by atoms with E-state index in [0.717, 1.165) is 24.3 Å². The SMILES string of the molecule is Cc1ncc(CO)c(C=NCCC23CC4CC(CC(C4)C2)C3)c1O. The standard InChI is InChI=1S/C20H28N2O2/c1-13-19(24)18(17(12-23)10-22-13)11-21-3-2-20-7-14-4-15(8-20)6-16(5-14)9-20/h10-11,14-16,23-24H,2-9,12H2,1H3. The van der Waals surface area contributed by atoms with Crippen LogP contribution in [0.2, 0.25) is 0 Å². The van der Waals surface area contributed by atoms with Crippen LogP contribution in [-0.4, -0.2) is 28.0 Å². The van der Waals surface area contributed by atoms with E-state index in [2.05, 4.69) is 9.98 Å². The molecule has 2 N–H and O–H groups in total. The minimum atomic E-state index is -0.128. The molecule has 0 spiro atoms. The van der Waals surface area contributed by atoms with Crippen LogP contribution in [0.25, 0.3) is 0 Å². The number of nitrogens with zero attached hydrogens (tertiary/aromatic N) is 2. The number of hydrogen-bond donors (Lipinski definition) is 2. The van der Waals surface area contributed by atoms with E-state index in [1.54, 1.807) is 19.3 Å². The van der Waals surface area contributed by atoms with Crippen molar-refractivity contribution >= 4 is 6.21 Å². The zero-order chi connectivity index (χ0) is 16.7. The summed E-state index contributed by atoms with van der Waals surface area (Å²) in [6.07, 6.45) is 13.2. The average molecular weight is 328 g/mol. The Morgan fingerprint density at radius 1 is 1.21 bits per heavy atom. The summed E-state index contributed by atoms with van der Waals surface area (Å²) in [4.78, 5) is 8.70. The van der Waals surface area contributed by atoms with Gasteiger partial charge in [-0.1, -0.05) is 0 Å². The molecular formula is C20H28N2O2. The Bertz CT molecular complexity index is 618. The van der Waals surface area contributed by atoms with E-state index >= 15 is 0 Å². The third-order valence-corrected chi connectivity index (χ3v) is 6.68. The van der Waals surface area contributed by atoms with Crippen molar-refractivity contribution in [1.82, 2.24) is 4.98 Å². The smallest absolute Gasteiger partial charge is 0.145 e. The zero-order valence-corrected chi connectivity index (χ0v) is 14.5. The van der Waals surface area contributed by atoms with Crippen LogP contribution in [0.3, 0.4) is 0 Å². The lowest BCUT2D eigenvalue weighted by atomic mass is 9.49. The highest BCUT2D eigenvalue weighted by Crippen LogP contribution is 2.61. The summed E-state index contributed by atoms with van der Waals surface area (Å²) in [7, 11) is 0. The Morgan fingerprint density at radius 3 is 2.42 bits per heavy atom. The topological polar surface area (TPSA) is 65.7 Å². The van der Waals surface area contributed by atoms with Gasteiger partial charge >= 0.3 is 0 Å². The fourth-order valence-corrected chi connectivity index (χ4v) is 5.98. The summed E-state index contributed by atoms with van der Waals surface area (Å²) in [6.45, 7) is 2.46. The van der Waals surface area contributed by atoms with Gasteiger partial charge in [0, 0.05) is 30.1 Å². The molecule has 0 aliphatic heterocycles. The molecule has 0 radical (unpaired) electrons. The molecule has 4 bridgehead atoms. The van der Waals surface area contributed by atoms with Gasteiger partial charge in [-0.3, -0.25) is 9.98 Å². The molecule has 1 aromatic heterocycles. The summed E-state index contributed by atoms with van der Waals surface area (Å²) in [5, 5.41) is 19.6. The van der Waals surface area contributed by atoms with E-state index in [9.17, 15) is 10.2 Å². The molecule has 4 fully saturated rings. The molecule has 4 saturated carbocycles. The van der Waals surface area contributed by atoms with E-state index in [1.807, 2.05) is 0 Å². The van der Waals surface area contributed by atoms with Crippen molar-refractivity contribution in [2.75, 3.05) is 6.54 Å². The lowest BCUT2D eigenvalue weighted by Crippen LogP contribution is -2.46. The highest BCUT2D eigenvalue weighted by molar-refractivity contribution is 5.85. The quantitative estimate of drug-likeness (QED) is 0.812. The number of aliphatic imine (C=N–C) groups is 1. The van der Waals surface area contributed by atoms with E-state index in [4.69, 9.17) is 0 Å². The molecule has 0 aromatic carbocycles. The van der Waals surface area contributed by atoms with Crippen LogP contribution in [0.5, 0.6) is 5.75 Å². The van der Waals surface area contributed by atoms with Crippen molar-refractivity contribution in [2.45, 2.75) is 58.5 Å². The highest BCUT2D eigenvalue weighted by atomic mass is 16.3. The number of aliphatic hydroxyl groups excluding tert-OH is 1. The third kappa shape index (κ3) is 2.85. The molecule has 1 aromatic rings. The van der Waals surface area contributed by atoms with Gasteiger partial charge in [0.2, 0.25) is 0 Å². The Labute approximate surface area is 144 Å². The maximum Gasteiger partial charge on any atom is 0.145 e. The van der Waals surface area contributed by atoms with Crippen molar-refractivity contribution in [3.05, 3.63) is 23.0 Å². The Balaban J connectivity index is 1.43. The second-order valence-corrected chi connectivity index (χ2v) is 8.49. The first-order chi connectivity index (χ1) is 11.6. The molecule has 0 amide bonds. The van der Waals surface area contributed by atoms with Crippen LogP contribution in [0.1, 0.15) is 61.8 Å². The molecule has 4 nitrogen and oxygen atoms in total. The van der Waals surface area contributed by atoms with Crippen LogP contribution in [0.4, 0.5) is 0 Å². The number of aliphatic hydroxyl groups is 1. The van der Waals surface area contributed by atoms with Gasteiger partial charge in [-0.25, -0.2) is 0 Å². The fourth-order valence-electron chi connectivity index (χ4n) is 5.98. The Hall–Kier alpha value is -1.42. The molecule has 1 heterocycles. The maximum absolute atomic E-state index is 10.2. The zero-order valence-electron chi connectivity index (χ0n) is 14.5. The van der Waals surface area contributed by atoms with E-state index in [1.165, 1.54) is 44.9 Å². The molecule has 4 heteroatoms. The first kappa shape index (κ1) is 16.1. The van der Waals surface area contributed by atoms with Crippen LogP contribution in [0.15, 0.2) is 11.2 Å². The minimum absolute atomic E-state index is 0.128. The molecule has 0 unspecified atom stereocenters. The van der Waals surface area contributed by atoms with Gasteiger partial charge in [-0.05, 0) is 75.0 Å². The number of rotatable bonds is 5. The van der Waals surface area contributed by atoms with Gasteiger partial charge < -0.3 is 10.2 Å². The first-order valence-electron chi connectivity index (χ1n) is 9.37. The number of aryl methyl sites for hydroxylation is 1. The van der Waals surface area contributed by atoms with Crippen molar-refractivity contribution in [2.24, 2.45) is 28.2 Å². The summed E-state index contributed by atoms with van der Waals surface area (Å²) < 4.78 is 0. The molecule has 130 valence electrons. The minimum Gasteiger partial charge on any atom is -0.505 e. The molecule has 5 rings (SSSR count). The molecular weight excluding hydrogens is 300 g/mol. The van der Waals surface area contributed by atoms with Crippen molar-refractivity contribution < 1.29 is 10.2 Å². The summed E-state index contributed by atoms with van der Waals surface area (Å²) >= 11 is 0. The molecule has 4 aliphatic rings. The van der Waals surface area contributed by atoms with E-state index in [-0.39, 0.29) is 12.4 Å². The number of aromatic nitrogens is 1. The largest absolute Gasteiger partial charge is 0.505 e. The Kier molecular flexibility index (Phi) is 4.11. The first-order valence-corrected chi connectivity index (χ1v) is 9.37. The maximum atomic E-state index is 10.2. The van der Waals surface area contributed by atoms with Crippen LogP contribution < -0.4 is 0 Å². The lowest BCUT2D eigenvalue weighted by molar-refractivity contribution is -0.0556. The van der Waals surface area contributed by atoms with Crippen molar-refractivity contribution in [3.8, 4) is 5.75 Å². The van der Waals surface area contributed by atoms with Gasteiger partial charge in [0.1, 0.15) is 5.75 Å².